The minimum Gasteiger partial charge on any atom is -0.312 e. The maximum Gasteiger partial charge on any atom is 0.260 e. The third-order valence-corrected chi connectivity index (χ3v) is 4.09. The molecule has 2 aromatic heterocycles. The first-order chi connectivity index (χ1) is 11.7. The molecule has 0 saturated heterocycles. The Morgan fingerprint density at radius 1 is 0.917 bits per heavy atom. The highest BCUT2D eigenvalue weighted by atomic mass is 35.5. The van der Waals surface area contributed by atoms with E-state index in [1.165, 1.54) is 6.33 Å². The lowest BCUT2D eigenvalue weighted by Crippen LogP contribution is -2.09. The average molecular weight is 334 g/mol. The molecular weight excluding hydrogens is 322 g/mol. The Labute approximate surface area is 142 Å². The van der Waals surface area contributed by atoms with Gasteiger partial charge in [-0.15, -0.1) is 0 Å². The van der Waals surface area contributed by atoms with Crippen molar-refractivity contribution in [1.82, 2.24) is 15.0 Å². The summed E-state index contributed by atoms with van der Waals surface area (Å²) in [5, 5.41) is 1.15. The molecule has 0 aliphatic heterocycles. The molecule has 2 heterocycles. The van der Waals surface area contributed by atoms with Crippen molar-refractivity contribution in [2.75, 3.05) is 0 Å². The van der Waals surface area contributed by atoms with Crippen LogP contribution in [0.15, 0.2) is 71.8 Å². The number of aromatic nitrogens is 3. The number of nitrogens with zero attached hydrogens (tertiary/aromatic N) is 2. The molecular formula is C19H12ClN3O. The Kier molecular flexibility index (Phi) is 3.59. The topological polar surface area (TPSA) is 58.6 Å². The first-order valence-electron chi connectivity index (χ1n) is 7.42. The minimum atomic E-state index is -0.200. The summed E-state index contributed by atoms with van der Waals surface area (Å²) >= 11 is 5.96. The Morgan fingerprint density at radius 3 is 2.42 bits per heavy atom. The lowest BCUT2D eigenvalue weighted by atomic mass is 10.0. The van der Waals surface area contributed by atoms with Crippen LogP contribution in [-0.4, -0.2) is 15.0 Å². The quantitative estimate of drug-likeness (QED) is 0.594. The fraction of sp³-hybridized carbons (Fsp3) is 0. The largest absolute Gasteiger partial charge is 0.312 e. The van der Waals surface area contributed by atoms with Crippen LogP contribution in [0.1, 0.15) is 0 Å². The van der Waals surface area contributed by atoms with Crippen molar-refractivity contribution in [3.63, 3.8) is 0 Å². The van der Waals surface area contributed by atoms with Crippen LogP contribution in [0.4, 0.5) is 0 Å². The van der Waals surface area contributed by atoms with Crippen LogP contribution < -0.4 is 5.56 Å². The van der Waals surface area contributed by atoms with Crippen LogP contribution in [0.2, 0.25) is 5.02 Å². The van der Waals surface area contributed by atoms with Crippen LogP contribution in [0, 0.1) is 0 Å². The second-order valence-corrected chi connectivity index (χ2v) is 5.79. The summed E-state index contributed by atoms with van der Waals surface area (Å²) in [5.74, 6) is 0. The van der Waals surface area contributed by atoms with Gasteiger partial charge in [0.05, 0.1) is 17.4 Å². The van der Waals surface area contributed by atoms with E-state index in [-0.39, 0.29) is 5.56 Å². The molecule has 0 spiro atoms. The summed E-state index contributed by atoms with van der Waals surface area (Å²) in [4.78, 5) is 23.7. The number of aromatic amines is 1. The molecule has 0 aliphatic rings. The van der Waals surface area contributed by atoms with Crippen LogP contribution in [-0.2, 0) is 0 Å². The van der Waals surface area contributed by atoms with E-state index in [9.17, 15) is 4.79 Å². The summed E-state index contributed by atoms with van der Waals surface area (Å²) in [6.07, 6.45) is 1.37. The fourth-order valence-corrected chi connectivity index (χ4v) is 2.81. The molecule has 0 radical (unpaired) electrons. The summed E-state index contributed by atoms with van der Waals surface area (Å²) < 4.78 is 0. The highest BCUT2D eigenvalue weighted by Gasteiger charge is 2.13. The maximum atomic E-state index is 12.3. The highest BCUT2D eigenvalue weighted by Crippen LogP contribution is 2.29. The summed E-state index contributed by atoms with van der Waals surface area (Å²) in [6.45, 7) is 0. The van der Waals surface area contributed by atoms with E-state index in [0.29, 0.717) is 16.1 Å². The summed E-state index contributed by atoms with van der Waals surface area (Å²) in [5.41, 5.74) is 3.63. The average Bonchev–Trinajstić information content (AvgIpc) is 2.62. The van der Waals surface area contributed by atoms with Crippen molar-refractivity contribution in [2.24, 2.45) is 0 Å². The first kappa shape index (κ1) is 14.6. The lowest BCUT2D eigenvalue weighted by molar-refractivity contribution is 1.14. The third kappa shape index (κ3) is 2.57. The molecule has 0 aliphatic carbocycles. The molecule has 1 N–H and O–H groups in total. The normalized spacial score (nSPS) is 10.9. The van der Waals surface area contributed by atoms with Crippen molar-refractivity contribution in [1.29, 1.82) is 0 Å². The van der Waals surface area contributed by atoms with E-state index in [1.807, 2.05) is 60.7 Å². The van der Waals surface area contributed by atoms with Gasteiger partial charge in [0.15, 0.2) is 5.65 Å². The van der Waals surface area contributed by atoms with Crippen molar-refractivity contribution in [2.45, 2.75) is 0 Å². The van der Waals surface area contributed by atoms with Crippen molar-refractivity contribution in [3.8, 4) is 22.4 Å². The zero-order valence-corrected chi connectivity index (χ0v) is 13.3. The monoisotopic (exact) mass is 333 g/mol. The van der Waals surface area contributed by atoms with Gasteiger partial charge in [0.2, 0.25) is 0 Å². The van der Waals surface area contributed by atoms with Gasteiger partial charge in [-0.05, 0) is 23.8 Å². The van der Waals surface area contributed by atoms with Crippen LogP contribution in [0.5, 0.6) is 0 Å². The molecule has 0 fully saturated rings. The zero-order valence-electron chi connectivity index (χ0n) is 12.5. The molecule has 0 bridgehead atoms. The van der Waals surface area contributed by atoms with Crippen LogP contribution in [0.3, 0.4) is 0 Å². The minimum absolute atomic E-state index is 0.200. The van der Waals surface area contributed by atoms with E-state index in [0.717, 1.165) is 22.4 Å². The second-order valence-electron chi connectivity index (χ2n) is 5.36. The molecule has 24 heavy (non-hydrogen) atoms. The number of benzene rings is 2. The molecule has 4 rings (SSSR count). The van der Waals surface area contributed by atoms with E-state index < -0.39 is 0 Å². The molecule has 0 amide bonds. The fourth-order valence-electron chi connectivity index (χ4n) is 2.69. The maximum absolute atomic E-state index is 12.3. The van der Waals surface area contributed by atoms with Gasteiger partial charge < -0.3 is 4.98 Å². The SMILES string of the molecule is O=c1[nH]cnc2nc(-c3ccc(Cl)cc3)cc(-c3ccccc3)c12. The van der Waals surface area contributed by atoms with Crippen molar-refractivity contribution >= 4 is 22.6 Å². The number of H-pyrrole nitrogens is 1. The first-order valence-corrected chi connectivity index (χ1v) is 7.80. The zero-order chi connectivity index (χ0) is 16.5. The number of hydrogen-bond acceptors (Lipinski definition) is 3. The standard InChI is InChI=1S/C19H12ClN3O/c20-14-8-6-13(7-9-14)16-10-15(12-4-2-1-3-5-12)17-18(23-16)21-11-22-19(17)24/h1-11H,(H,21,22,23,24). The van der Waals surface area contributed by atoms with E-state index >= 15 is 0 Å². The Hall–Kier alpha value is -2.98. The molecule has 4 nitrogen and oxygen atoms in total. The number of rotatable bonds is 2. The number of halogens is 1. The molecule has 0 saturated carbocycles. The number of hydrogen-bond donors (Lipinski definition) is 1. The number of fused-ring (bicyclic) bond motifs is 1. The Bertz CT molecular complexity index is 1070. The Morgan fingerprint density at radius 2 is 1.67 bits per heavy atom. The van der Waals surface area contributed by atoms with Gasteiger partial charge in [-0.3, -0.25) is 4.79 Å². The van der Waals surface area contributed by atoms with E-state index in [1.54, 1.807) is 0 Å². The molecule has 0 unspecified atom stereocenters. The summed E-state index contributed by atoms with van der Waals surface area (Å²) in [7, 11) is 0. The highest BCUT2D eigenvalue weighted by molar-refractivity contribution is 6.30. The van der Waals surface area contributed by atoms with Crippen LogP contribution >= 0.6 is 11.6 Å². The third-order valence-electron chi connectivity index (χ3n) is 3.83. The van der Waals surface area contributed by atoms with Gasteiger partial charge >= 0.3 is 0 Å². The van der Waals surface area contributed by atoms with E-state index in [2.05, 4.69) is 15.0 Å². The number of pyridine rings is 1. The van der Waals surface area contributed by atoms with Crippen molar-refractivity contribution < 1.29 is 0 Å². The van der Waals surface area contributed by atoms with Gasteiger partial charge in [-0.1, -0.05) is 54.1 Å². The molecule has 0 atom stereocenters. The molecule has 4 aromatic rings. The predicted octanol–water partition coefficient (Wildman–Crippen LogP) is 4.31. The lowest BCUT2D eigenvalue weighted by Gasteiger charge is -2.09. The molecule has 2 aromatic carbocycles. The number of nitrogens with one attached hydrogen (secondary N) is 1. The van der Waals surface area contributed by atoms with E-state index in [4.69, 9.17) is 11.6 Å². The molecule has 116 valence electrons. The summed E-state index contributed by atoms with van der Waals surface area (Å²) in [6, 6.07) is 19.1. The van der Waals surface area contributed by atoms with Crippen LogP contribution in [0.25, 0.3) is 33.4 Å². The van der Waals surface area contributed by atoms with Gasteiger partial charge in [-0.2, -0.15) is 0 Å². The van der Waals surface area contributed by atoms with Gasteiger partial charge in [0, 0.05) is 16.1 Å². The van der Waals surface area contributed by atoms with Gasteiger partial charge in [-0.25, -0.2) is 9.97 Å². The smallest absolute Gasteiger partial charge is 0.260 e. The van der Waals surface area contributed by atoms with Gasteiger partial charge in [0.25, 0.3) is 5.56 Å². The molecule has 5 heteroatoms. The van der Waals surface area contributed by atoms with Gasteiger partial charge in [0.1, 0.15) is 0 Å². The van der Waals surface area contributed by atoms with Crippen molar-refractivity contribution in [3.05, 3.63) is 82.4 Å². The Balaban J connectivity index is 2.05. The second kappa shape index (κ2) is 5.91. The predicted molar refractivity (Wildman–Crippen MR) is 96.0 cm³/mol.